The van der Waals surface area contributed by atoms with E-state index in [9.17, 15) is 15.2 Å². The van der Waals surface area contributed by atoms with Crippen LogP contribution in [-0.2, 0) is 6.54 Å². The van der Waals surface area contributed by atoms with Crippen LogP contribution >= 0.6 is 0 Å². The molecule has 82 valence electrons. The zero-order chi connectivity index (χ0) is 11.3. The lowest BCUT2D eigenvalue weighted by Crippen LogP contribution is -2.13. The SMILES string of the molecule is CCCNCc1ccc(O)c([N+](=O)[O-])c1. The molecule has 0 saturated heterocycles. The van der Waals surface area contributed by atoms with Gasteiger partial charge in [-0.05, 0) is 24.6 Å². The van der Waals surface area contributed by atoms with Gasteiger partial charge in [-0.3, -0.25) is 10.1 Å². The number of nitro benzene ring substituents is 1. The number of hydrogen-bond acceptors (Lipinski definition) is 4. The van der Waals surface area contributed by atoms with Gasteiger partial charge in [0.25, 0.3) is 0 Å². The van der Waals surface area contributed by atoms with E-state index in [2.05, 4.69) is 5.32 Å². The van der Waals surface area contributed by atoms with Crippen LogP contribution in [0, 0.1) is 10.1 Å². The Morgan fingerprint density at radius 2 is 2.27 bits per heavy atom. The molecular weight excluding hydrogens is 196 g/mol. The summed E-state index contributed by atoms with van der Waals surface area (Å²) in [6.07, 6.45) is 1.01. The second-order valence-electron chi connectivity index (χ2n) is 3.26. The largest absolute Gasteiger partial charge is 0.502 e. The Labute approximate surface area is 87.9 Å². The van der Waals surface area contributed by atoms with E-state index in [1.807, 2.05) is 6.92 Å². The zero-order valence-corrected chi connectivity index (χ0v) is 8.56. The van der Waals surface area contributed by atoms with Crippen LogP contribution in [-0.4, -0.2) is 16.6 Å². The van der Waals surface area contributed by atoms with Gasteiger partial charge in [0.05, 0.1) is 4.92 Å². The van der Waals surface area contributed by atoms with E-state index >= 15 is 0 Å². The Morgan fingerprint density at radius 1 is 1.53 bits per heavy atom. The zero-order valence-electron chi connectivity index (χ0n) is 8.56. The van der Waals surface area contributed by atoms with E-state index in [4.69, 9.17) is 0 Å². The number of nitro groups is 1. The predicted molar refractivity (Wildman–Crippen MR) is 56.8 cm³/mol. The smallest absolute Gasteiger partial charge is 0.311 e. The summed E-state index contributed by atoms with van der Waals surface area (Å²) < 4.78 is 0. The van der Waals surface area contributed by atoms with E-state index in [1.54, 1.807) is 6.07 Å². The Bertz CT molecular complexity index is 353. The van der Waals surface area contributed by atoms with Gasteiger partial charge in [0, 0.05) is 12.6 Å². The lowest BCUT2D eigenvalue weighted by atomic mass is 10.2. The maximum absolute atomic E-state index is 10.5. The van der Waals surface area contributed by atoms with Crippen LogP contribution in [0.5, 0.6) is 5.75 Å². The first-order valence-corrected chi connectivity index (χ1v) is 4.82. The molecule has 0 spiro atoms. The highest BCUT2D eigenvalue weighted by Gasteiger charge is 2.12. The monoisotopic (exact) mass is 210 g/mol. The molecule has 0 bridgehead atoms. The van der Waals surface area contributed by atoms with Crippen molar-refractivity contribution in [2.45, 2.75) is 19.9 Å². The van der Waals surface area contributed by atoms with Crippen molar-refractivity contribution < 1.29 is 10.0 Å². The average Bonchev–Trinajstić information content (AvgIpc) is 2.20. The van der Waals surface area contributed by atoms with Crippen LogP contribution in [0.1, 0.15) is 18.9 Å². The van der Waals surface area contributed by atoms with Crippen molar-refractivity contribution in [3.63, 3.8) is 0 Å². The highest BCUT2D eigenvalue weighted by Crippen LogP contribution is 2.25. The maximum atomic E-state index is 10.5. The third-order valence-electron chi connectivity index (χ3n) is 1.99. The van der Waals surface area contributed by atoms with Crippen molar-refractivity contribution in [3.8, 4) is 5.75 Å². The van der Waals surface area contributed by atoms with Gasteiger partial charge >= 0.3 is 5.69 Å². The highest BCUT2D eigenvalue weighted by atomic mass is 16.6. The number of phenols is 1. The molecule has 0 unspecified atom stereocenters. The molecule has 15 heavy (non-hydrogen) atoms. The lowest BCUT2D eigenvalue weighted by molar-refractivity contribution is -0.385. The standard InChI is InChI=1S/C10H14N2O3/c1-2-5-11-7-8-3-4-10(13)9(6-8)12(14)15/h3-4,6,11,13H,2,5,7H2,1H3. The summed E-state index contributed by atoms with van der Waals surface area (Å²) in [6.45, 7) is 3.50. The molecule has 5 heteroatoms. The normalized spacial score (nSPS) is 10.2. The summed E-state index contributed by atoms with van der Waals surface area (Å²) in [5.41, 5.74) is 0.554. The topological polar surface area (TPSA) is 75.4 Å². The second kappa shape index (κ2) is 5.31. The van der Waals surface area contributed by atoms with Gasteiger partial charge in [0.1, 0.15) is 0 Å². The van der Waals surface area contributed by atoms with Crippen LogP contribution in [0.4, 0.5) is 5.69 Å². The lowest BCUT2D eigenvalue weighted by Gasteiger charge is -2.03. The van der Waals surface area contributed by atoms with Crippen LogP contribution in [0.15, 0.2) is 18.2 Å². The first-order valence-electron chi connectivity index (χ1n) is 4.82. The minimum Gasteiger partial charge on any atom is -0.502 e. The molecule has 0 atom stereocenters. The molecule has 2 N–H and O–H groups in total. The predicted octanol–water partition coefficient (Wildman–Crippen LogP) is 1.80. The molecule has 1 aromatic carbocycles. The average molecular weight is 210 g/mol. The molecule has 0 heterocycles. The van der Waals surface area contributed by atoms with Gasteiger partial charge in [-0.1, -0.05) is 13.0 Å². The quantitative estimate of drug-likeness (QED) is 0.441. The molecule has 1 rings (SSSR count). The van der Waals surface area contributed by atoms with Gasteiger partial charge < -0.3 is 10.4 Å². The number of benzene rings is 1. The first-order chi connectivity index (χ1) is 7.15. The fourth-order valence-corrected chi connectivity index (χ4v) is 1.23. The number of nitrogens with one attached hydrogen (secondary N) is 1. The number of phenolic OH excluding ortho intramolecular Hbond substituents is 1. The number of hydrogen-bond donors (Lipinski definition) is 2. The van der Waals surface area contributed by atoms with E-state index in [-0.39, 0.29) is 11.4 Å². The number of rotatable bonds is 5. The summed E-state index contributed by atoms with van der Waals surface area (Å²) in [7, 11) is 0. The Hall–Kier alpha value is -1.62. The number of aromatic hydroxyl groups is 1. The van der Waals surface area contributed by atoms with E-state index in [0.29, 0.717) is 6.54 Å². The van der Waals surface area contributed by atoms with Crippen LogP contribution in [0.3, 0.4) is 0 Å². The third kappa shape index (κ3) is 3.21. The Balaban J connectivity index is 2.74. The van der Waals surface area contributed by atoms with Gasteiger partial charge in [-0.2, -0.15) is 0 Å². The highest BCUT2D eigenvalue weighted by molar-refractivity contribution is 5.47. The van der Waals surface area contributed by atoms with E-state index < -0.39 is 4.92 Å². The molecule has 0 aliphatic rings. The van der Waals surface area contributed by atoms with Crippen molar-refractivity contribution >= 4 is 5.69 Å². The molecular formula is C10H14N2O3. The van der Waals surface area contributed by atoms with Crippen LogP contribution in [0.25, 0.3) is 0 Å². The van der Waals surface area contributed by atoms with E-state index in [0.717, 1.165) is 18.5 Å². The summed E-state index contributed by atoms with van der Waals surface area (Å²) >= 11 is 0. The van der Waals surface area contributed by atoms with Gasteiger partial charge in [0.2, 0.25) is 0 Å². The van der Waals surface area contributed by atoms with Crippen molar-refractivity contribution in [1.29, 1.82) is 0 Å². The summed E-state index contributed by atoms with van der Waals surface area (Å²) in [4.78, 5) is 9.94. The van der Waals surface area contributed by atoms with Crippen molar-refractivity contribution in [2.24, 2.45) is 0 Å². The molecule has 0 fully saturated rings. The third-order valence-corrected chi connectivity index (χ3v) is 1.99. The summed E-state index contributed by atoms with van der Waals surface area (Å²) in [5, 5.41) is 22.9. The maximum Gasteiger partial charge on any atom is 0.311 e. The Kier molecular flexibility index (Phi) is 4.05. The molecule has 0 aliphatic heterocycles. The fourth-order valence-electron chi connectivity index (χ4n) is 1.23. The van der Waals surface area contributed by atoms with Crippen molar-refractivity contribution in [1.82, 2.24) is 5.32 Å². The second-order valence-corrected chi connectivity index (χ2v) is 3.26. The van der Waals surface area contributed by atoms with Gasteiger partial charge in [-0.15, -0.1) is 0 Å². The molecule has 0 amide bonds. The number of nitrogens with zero attached hydrogens (tertiary/aromatic N) is 1. The first kappa shape index (κ1) is 11.5. The van der Waals surface area contributed by atoms with Crippen LogP contribution in [0.2, 0.25) is 0 Å². The van der Waals surface area contributed by atoms with Crippen molar-refractivity contribution in [3.05, 3.63) is 33.9 Å². The fraction of sp³-hybridized carbons (Fsp3) is 0.400. The van der Waals surface area contributed by atoms with Crippen LogP contribution < -0.4 is 5.32 Å². The summed E-state index contributed by atoms with van der Waals surface area (Å²) in [5.74, 6) is -0.292. The molecule has 0 aliphatic carbocycles. The minimum absolute atomic E-state index is 0.245. The van der Waals surface area contributed by atoms with Gasteiger partial charge in [-0.25, -0.2) is 0 Å². The molecule has 0 aromatic heterocycles. The Morgan fingerprint density at radius 3 is 2.87 bits per heavy atom. The van der Waals surface area contributed by atoms with Gasteiger partial charge in [0.15, 0.2) is 5.75 Å². The molecule has 5 nitrogen and oxygen atoms in total. The molecule has 0 saturated carbocycles. The molecule has 0 radical (unpaired) electrons. The summed E-state index contributed by atoms with van der Waals surface area (Å²) in [6, 6.07) is 4.41. The minimum atomic E-state index is -0.585. The van der Waals surface area contributed by atoms with E-state index in [1.165, 1.54) is 12.1 Å². The van der Waals surface area contributed by atoms with Crippen molar-refractivity contribution in [2.75, 3.05) is 6.54 Å². The molecule has 1 aromatic rings.